The van der Waals surface area contributed by atoms with Crippen molar-refractivity contribution in [3.63, 3.8) is 0 Å². The van der Waals surface area contributed by atoms with Crippen molar-refractivity contribution in [3.8, 4) is 0 Å². The van der Waals surface area contributed by atoms with Gasteiger partial charge in [0.05, 0.1) is 6.61 Å². The number of nitrogens with one attached hydrogen (secondary N) is 1. The molecule has 4 nitrogen and oxygen atoms in total. The van der Waals surface area contributed by atoms with E-state index < -0.39 is 11.9 Å². The van der Waals surface area contributed by atoms with E-state index in [-0.39, 0.29) is 6.61 Å². The average Bonchev–Trinajstić information content (AvgIpc) is 2.27. The van der Waals surface area contributed by atoms with Crippen LogP contribution in [0.25, 0.3) is 0 Å². The Balaban J connectivity index is 2.17. The second-order valence-corrected chi connectivity index (χ2v) is 3.93. The molecule has 1 aliphatic carbocycles. The summed E-state index contributed by atoms with van der Waals surface area (Å²) in [6.45, 7) is 2.54. The maximum absolute atomic E-state index is 11.2. The van der Waals surface area contributed by atoms with Gasteiger partial charge in [-0.25, -0.2) is 4.79 Å². The van der Waals surface area contributed by atoms with Crippen LogP contribution in [-0.4, -0.2) is 25.0 Å². The lowest BCUT2D eigenvalue weighted by atomic mass is 9.89. The third-order valence-corrected chi connectivity index (χ3v) is 2.74. The first-order chi connectivity index (χ1) is 7.24. The van der Waals surface area contributed by atoms with E-state index in [4.69, 9.17) is 0 Å². The van der Waals surface area contributed by atoms with Crippen molar-refractivity contribution < 1.29 is 14.3 Å². The molecule has 0 unspecified atom stereocenters. The molecule has 1 saturated carbocycles. The zero-order valence-electron chi connectivity index (χ0n) is 9.25. The van der Waals surface area contributed by atoms with Crippen LogP contribution in [0.15, 0.2) is 0 Å². The van der Waals surface area contributed by atoms with Gasteiger partial charge in [-0.15, -0.1) is 0 Å². The van der Waals surface area contributed by atoms with E-state index in [9.17, 15) is 9.59 Å². The highest BCUT2D eigenvalue weighted by molar-refractivity contribution is 6.32. The summed E-state index contributed by atoms with van der Waals surface area (Å²) in [5.74, 6) is -0.840. The lowest BCUT2D eigenvalue weighted by Crippen LogP contribution is -2.36. The molecule has 0 aliphatic heterocycles. The molecule has 1 fully saturated rings. The third-order valence-electron chi connectivity index (χ3n) is 2.74. The molecule has 0 aromatic rings. The van der Waals surface area contributed by atoms with Gasteiger partial charge in [0.25, 0.3) is 0 Å². The number of amides is 1. The molecule has 1 aliphatic rings. The number of carbonyl (C=O) groups is 2. The molecule has 0 radical (unpaired) electrons. The summed E-state index contributed by atoms with van der Waals surface area (Å²) in [7, 11) is 0. The highest BCUT2D eigenvalue weighted by Gasteiger charge is 2.18. The van der Waals surface area contributed by atoms with Crippen LogP contribution in [0.2, 0.25) is 0 Å². The standard InChI is InChI=1S/C11H19NO3/c1-2-15-11(14)10(13)12-8-9-6-4-3-5-7-9/h9H,2-8H2,1H3,(H,12,13). The van der Waals surface area contributed by atoms with Crippen LogP contribution < -0.4 is 5.32 Å². The molecule has 0 atom stereocenters. The summed E-state index contributed by atoms with van der Waals surface area (Å²) in [6, 6.07) is 0. The Morgan fingerprint density at radius 2 is 1.93 bits per heavy atom. The second kappa shape index (κ2) is 6.43. The molecular weight excluding hydrogens is 194 g/mol. The lowest BCUT2D eigenvalue weighted by Gasteiger charge is -2.21. The van der Waals surface area contributed by atoms with Gasteiger partial charge in [-0.2, -0.15) is 0 Å². The summed E-state index contributed by atoms with van der Waals surface area (Å²) in [5.41, 5.74) is 0. The molecule has 1 rings (SSSR count). The van der Waals surface area contributed by atoms with E-state index in [0.717, 1.165) is 12.8 Å². The van der Waals surface area contributed by atoms with E-state index in [2.05, 4.69) is 10.1 Å². The average molecular weight is 213 g/mol. The molecule has 4 heteroatoms. The van der Waals surface area contributed by atoms with Crippen LogP contribution in [0.3, 0.4) is 0 Å². The predicted molar refractivity (Wildman–Crippen MR) is 56.2 cm³/mol. The number of carbonyl (C=O) groups excluding carboxylic acids is 2. The van der Waals surface area contributed by atoms with Gasteiger partial charge < -0.3 is 10.1 Å². The van der Waals surface area contributed by atoms with Crippen molar-refractivity contribution in [1.82, 2.24) is 5.32 Å². The minimum atomic E-state index is -0.770. The van der Waals surface area contributed by atoms with Crippen molar-refractivity contribution in [3.05, 3.63) is 0 Å². The van der Waals surface area contributed by atoms with Crippen molar-refractivity contribution in [2.24, 2.45) is 5.92 Å². The molecule has 0 saturated heterocycles. The Kier molecular flexibility index (Phi) is 5.15. The lowest BCUT2D eigenvalue weighted by molar-refractivity contribution is -0.154. The SMILES string of the molecule is CCOC(=O)C(=O)NCC1CCCCC1. The smallest absolute Gasteiger partial charge is 0.396 e. The minimum absolute atomic E-state index is 0.246. The van der Waals surface area contributed by atoms with Crippen molar-refractivity contribution in [2.75, 3.05) is 13.2 Å². The summed E-state index contributed by atoms with van der Waals surface area (Å²) >= 11 is 0. The number of rotatable bonds is 3. The summed E-state index contributed by atoms with van der Waals surface area (Å²) < 4.78 is 4.59. The number of ether oxygens (including phenoxy) is 1. The predicted octanol–water partition coefficient (Wildman–Crippen LogP) is 1.25. The summed E-state index contributed by atoms with van der Waals surface area (Å²) in [6.07, 6.45) is 6.08. The Bertz CT molecular complexity index is 222. The van der Waals surface area contributed by atoms with Crippen molar-refractivity contribution in [2.45, 2.75) is 39.0 Å². The molecule has 0 aromatic carbocycles. The van der Waals surface area contributed by atoms with E-state index >= 15 is 0 Å². The van der Waals surface area contributed by atoms with E-state index in [1.807, 2.05) is 0 Å². The summed E-state index contributed by atoms with van der Waals surface area (Å²) in [5, 5.41) is 2.62. The molecular formula is C11H19NO3. The largest absolute Gasteiger partial charge is 0.459 e. The van der Waals surface area contributed by atoms with Gasteiger partial charge in [0.15, 0.2) is 0 Å². The van der Waals surface area contributed by atoms with Crippen LogP contribution in [0.4, 0.5) is 0 Å². The Morgan fingerprint density at radius 3 is 2.53 bits per heavy atom. The van der Waals surface area contributed by atoms with Crippen LogP contribution in [0.5, 0.6) is 0 Å². The van der Waals surface area contributed by atoms with E-state index in [0.29, 0.717) is 12.5 Å². The second-order valence-electron chi connectivity index (χ2n) is 3.93. The molecule has 86 valence electrons. The molecule has 0 spiro atoms. The van der Waals surface area contributed by atoms with Crippen LogP contribution in [0, 0.1) is 5.92 Å². The first-order valence-electron chi connectivity index (χ1n) is 5.69. The topological polar surface area (TPSA) is 55.4 Å². The van der Waals surface area contributed by atoms with Crippen molar-refractivity contribution in [1.29, 1.82) is 0 Å². The normalized spacial score (nSPS) is 17.1. The molecule has 1 N–H and O–H groups in total. The number of hydrogen-bond donors (Lipinski definition) is 1. The van der Waals surface area contributed by atoms with Gasteiger partial charge in [0.2, 0.25) is 0 Å². The quantitative estimate of drug-likeness (QED) is 0.567. The first kappa shape index (κ1) is 12.0. The monoisotopic (exact) mass is 213 g/mol. The molecule has 0 bridgehead atoms. The summed E-state index contributed by atoms with van der Waals surface area (Å²) in [4.78, 5) is 22.2. The maximum Gasteiger partial charge on any atom is 0.396 e. The van der Waals surface area contributed by atoms with Gasteiger partial charge in [-0.3, -0.25) is 4.79 Å². The number of hydrogen-bond acceptors (Lipinski definition) is 3. The molecule has 0 aromatic heterocycles. The highest BCUT2D eigenvalue weighted by atomic mass is 16.5. The van der Waals surface area contributed by atoms with Gasteiger partial charge in [-0.1, -0.05) is 19.3 Å². The number of esters is 1. The zero-order chi connectivity index (χ0) is 11.1. The Labute approximate surface area is 90.4 Å². The highest BCUT2D eigenvalue weighted by Crippen LogP contribution is 2.22. The maximum atomic E-state index is 11.2. The zero-order valence-corrected chi connectivity index (χ0v) is 9.25. The van der Waals surface area contributed by atoms with E-state index in [1.54, 1.807) is 6.92 Å². The minimum Gasteiger partial charge on any atom is -0.459 e. The van der Waals surface area contributed by atoms with Gasteiger partial charge in [0, 0.05) is 6.54 Å². The Morgan fingerprint density at radius 1 is 1.27 bits per heavy atom. The fourth-order valence-electron chi connectivity index (χ4n) is 1.90. The van der Waals surface area contributed by atoms with E-state index in [1.165, 1.54) is 19.3 Å². The van der Waals surface area contributed by atoms with Crippen molar-refractivity contribution >= 4 is 11.9 Å². The molecule has 0 heterocycles. The third kappa shape index (κ3) is 4.32. The van der Waals surface area contributed by atoms with Gasteiger partial charge in [0.1, 0.15) is 0 Å². The molecule has 15 heavy (non-hydrogen) atoms. The van der Waals surface area contributed by atoms with Gasteiger partial charge >= 0.3 is 11.9 Å². The van der Waals surface area contributed by atoms with Crippen LogP contribution in [-0.2, 0) is 14.3 Å². The van der Waals surface area contributed by atoms with Crippen LogP contribution in [0.1, 0.15) is 39.0 Å². The first-order valence-corrected chi connectivity index (χ1v) is 5.69. The fourth-order valence-corrected chi connectivity index (χ4v) is 1.90. The molecule has 1 amide bonds. The van der Waals surface area contributed by atoms with Gasteiger partial charge in [-0.05, 0) is 25.7 Å². The van der Waals surface area contributed by atoms with Crippen LogP contribution >= 0.6 is 0 Å². The Hall–Kier alpha value is -1.06. The fraction of sp³-hybridized carbons (Fsp3) is 0.818.